The molecule has 0 saturated heterocycles. The Morgan fingerprint density at radius 3 is 1.00 bits per heavy atom. The van der Waals surface area contributed by atoms with Gasteiger partial charge in [-0.15, -0.1) is 24.3 Å². The minimum Gasteiger partial charge on any atom is -0.297 e. The van der Waals surface area contributed by atoms with Crippen LogP contribution in [-0.2, 0) is 0 Å². The van der Waals surface area contributed by atoms with Gasteiger partial charge in [-0.2, -0.15) is 11.1 Å². The van der Waals surface area contributed by atoms with E-state index in [1.165, 1.54) is 21.5 Å². The SMILES string of the molecule is [C-]1=C(c2ccccc2)C(c2ccccc2)=[C-][Si]1(c1ccccc1)c1ccccc1.[Li+].[Li+]. The first kappa shape index (κ1) is 23.4. The summed E-state index contributed by atoms with van der Waals surface area (Å²) in [6.45, 7) is 0. The Morgan fingerprint density at radius 2 is 0.677 bits per heavy atom. The van der Waals surface area contributed by atoms with Crippen molar-refractivity contribution in [2.24, 2.45) is 0 Å². The van der Waals surface area contributed by atoms with E-state index in [9.17, 15) is 0 Å². The maximum absolute atomic E-state index is 4.01. The van der Waals surface area contributed by atoms with Crippen LogP contribution in [0.1, 0.15) is 11.1 Å². The molecule has 0 spiro atoms. The van der Waals surface area contributed by atoms with Crippen LogP contribution in [0.2, 0.25) is 0 Å². The zero-order valence-electron chi connectivity index (χ0n) is 18.0. The Labute approximate surface area is 210 Å². The molecule has 3 heteroatoms. The van der Waals surface area contributed by atoms with Gasteiger partial charge < -0.3 is 0 Å². The molecule has 1 aliphatic heterocycles. The molecule has 0 unspecified atom stereocenters. The molecular formula is C28H20Li2Si. The van der Waals surface area contributed by atoms with Gasteiger partial charge in [-0.05, 0) is 0 Å². The maximum Gasteiger partial charge on any atom is 1.00 e. The van der Waals surface area contributed by atoms with Crippen LogP contribution in [0.4, 0.5) is 0 Å². The minimum atomic E-state index is -2.45. The first-order valence-electron chi connectivity index (χ1n) is 9.89. The van der Waals surface area contributed by atoms with Gasteiger partial charge in [-0.3, -0.25) is 22.5 Å². The molecule has 0 aromatic heterocycles. The van der Waals surface area contributed by atoms with E-state index in [1.807, 2.05) is 0 Å². The van der Waals surface area contributed by atoms with Crippen molar-refractivity contribution in [1.29, 1.82) is 0 Å². The Hall–Kier alpha value is -2.23. The third-order valence-electron chi connectivity index (χ3n) is 5.41. The fourth-order valence-electron chi connectivity index (χ4n) is 4.01. The normalized spacial score (nSPS) is 13.9. The summed E-state index contributed by atoms with van der Waals surface area (Å²) < 4.78 is 0. The molecule has 0 N–H and O–H groups in total. The summed E-state index contributed by atoms with van der Waals surface area (Å²) >= 11 is 0. The van der Waals surface area contributed by atoms with Crippen molar-refractivity contribution >= 4 is 29.6 Å². The first-order chi connectivity index (χ1) is 14.4. The summed E-state index contributed by atoms with van der Waals surface area (Å²) in [5.74, 6) is 0. The fraction of sp³-hybridized carbons (Fsp3) is 0. The summed E-state index contributed by atoms with van der Waals surface area (Å²) in [5.41, 5.74) is 12.7. The second-order valence-corrected chi connectivity index (χ2v) is 10.4. The third-order valence-corrected chi connectivity index (χ3v) is 9.06. The summed E-state index contributed by atoms with van der Waals surface area (Å²) in [6.07, 6.45) is 0. The molecule has 1 heterocycles. The van der Waals surface area contributed by atoms with E-state index in [0.717, 1.165) is 11.1 Å². The van der Waals surface area contributed by atoms with Crippen molar-refractivity contribution in [2.75, 3.05) is 0 Å². The quantitative estimate of drug-likeness (QED) is 0.310. The van der Waals surface area contributed by atoms with Crippen molar-refractivity contribution < 1.29 is 37.7 Å². The predicted molar refractivity (Wildman–Crippen MR) is 124 cm³/mol. The molecule has 0 atom stereocenters. The van der Waals surface area contributed by atoms with Crippen molar-refractivity contribution in [2.45, 2.75) is 0 Å². The van der Waals surface area contributed by atoms with Gasteiger partial charge in [0.25, 0.3) is 0 Å². The Balaban J connectivity index is 0.00000136. The second kappa shape index (κ2) is 10.4. The van der Waals surface area contributed by atoms with Crippen LogP contribution in [0.3, 0.4) is 0 Å². The van der Waals surface area contributed by atoms with Crippen LogP contribution < -0.4 is 48.1 Å². The fourth-order valence-corrected chi connectivity index (χ4v) is 7.65. The van der Waals surface area contributed by atoms with Crippen LogP contribution in [0, 0.1) is 11.4 Å². The molecule has 31 heavy (non-hydrogen) atoms. The predicted octanol–water partition coefficient (Wildman–Crippen LogP) is -0.877. The molecule has 138 valence electrons. The summed E-state index contributed by atoms with van der Waals surface area (Å²) in [5, 5.41) is 2.62. The largest absolute Gasteiger partial charge is 1.00 e. The van der Waals surface area contributed by atoms with Crippen molar-refractivity contribution in [3.63, 3.8) is 0 Å². The van der Waals surface area contributed by atoms with Gasteiger partial charge in [0, 0.05) is 8.07 Å². The number of hydrogen-bond donors (Lipinski definition) is 0. The van der Waals surface area contributed by atoms with E-state index in [1.54, 1.807) is 0 Å². The minimum absolute atomic E-state index is 0. The molecule has 0 bridgehead atoms. The van der Waals surface area contributed by atoms with Gasteiger partial charge in [0.1, 0.15) is 0 Å². The molecule has 0 aliphatic carbocycles. The average molecular weight is 398 g/mol. The molecule has 0 radical (unpaired) electrons. The molecule has 4 aromatic carbocycles. The zero-order chi connectivity index (χ0) is 19.5. The first-order valence-corrected chi connectivity index (χ1v) is 11.9. The van der Waals surface area contributed by atoms with Crippen LogP contribution in [0.25, 0.3) is 11.1 Å². The monoisotopic (exact) mass is 398 g/mol. The van der Waals surface area contributed by atoms with Gasteiger partial charge in [0.2, 0.25) is 0 Å². The number of hydrogen-bond acceptors (Lipinski definition) is 0. The van der Waals surface area contributed by atoms with Gasteiger partial charge >= 0.3 is 37.7 Å². The van der Waals surface area contributed by atoms with Crippen LogP contribution in [0.15, 0.2) is 121 Å². The number of rotatable bonds is 4. The van der Waals surface area contributed by atoms with Gasteiger partial charge in [0.15, 0.2) is 0 Å². The summed E-state index contributed by atoms with van der Waals surface area (Å²) in [6, 6.07) is 42.8. The topological polar surface area (TPSA) is 0 Å². The molecule has 0 fully saturated rings. The molecule has 0 amide bonds. The molecule has 1 aliphatic rings. The third kappa shape index (κ3) is 4.54. The van der Waals surface area contributed by atoms with E-state index in [2.05, 4.69) is 133 Å². The Morgan fingerprint density at radius 1 is 0.387 bits per heavy atom. The summed E-state index contributed by atoms with van der Waals surface area (Å²) in [7, 11) is -2.45. The zero-order valence-corrected chi connectivity index (χ0v) is 19.0. The van der Waals surface area contributed by atoms with Crippen LogP contribution in [0.5, 0.6) is 0 Å². The van der Waals surface area contributed by atoms with Gasteiger partial charge in [-0.25, -0.2) is 0 Å². The van der Waals surface area contributed by atoms with Gasteiger partial charge in [-0.1, -0.05) is 107 Å². The average Bonchev–Trinajstić information content (AvgIpc) is 3.24. The molecule has 5 rings (SSSR count). The van der Waals surface area contributed by atoms with Gasteiger partial charge in [0.05, 0.1) is 0 Å². The Bertz CT molecular complexity index is 1070. The second-order valence-electron chi connectivity index (χ2n) is 7.21. The Kier molecular flexibility index (Phi) is 7.85. The standard InChI is InChI=1S/C28H20Si.2Li/c1-5-13-23(14-6-1)27-21-29(25-17-9-3-10-18-25,26-19-11-4-12-20-26)22-28(27)24-15-7-2-8-16-24;;/h1-20H;;/q-2;2*+1. The van der Waals surface area contributed by atoms with Crippen molar-refractivity contribution in [3.8, 4) is 0 Å². The van der Waals surface area contributed by atoms with E-state index < -0.39 is 8.07 Å². The van der Waals surface area contributed by atoms with E-state index in [4.69, 9.17) is 0 Å². The number of benzene rings is 4. The molecule has 0 saturated carbocycles. The van der Waals surface area contributed by atoms with Crippen LogP contribution in [-0.4, -0.2) is 8.07 Å². The van der Waals surface area contributed by atoms with Crippen LogP contribution >= 0.6 is 0 Å². The van der Waals surface area contributed by atoms with E-state index in [0.29, 0.717) is 0 Å². The molecular weight excluding hydrogens is 378 g/mol. The molecule has 0 nitrogen and oxygen atoms in total. The van der Waals surface area contributed by atoms with Crippen molar-refractivity contribution in [3.05, 3.63) is 144 Å². The van der Waals surface area contributed by atoms with E-state index >= 15 is 0 Å². The maximum atomic E-state index is 4.01. The molecule has 4 aromatic rings. The van der Waals surface area contributed by atoms with E-state index in [-0.39, 0.29) is 37.7 Å². The number of allylic oxidation sites excluding steroid dienone is 2. The van der Waals surface area contributed by atoms with Crippen molar-refractivity contribution in [1.82, 2.24) is 0 Å². The summed E-state index contributed by atoms with van der Waals surface area (Å²) in [4.78, 5) is 0. The smallest absolute Gasteiger partial charge is 0.297 e.